The summed E-state index contributed by atoms with van der Waals surface area (Å²) in [6.07, 6.45) is 0. The highest BCUT2D eigenvalue weighted by Gasteiger charge is 2.20. The second-order valence-electron chi connectivity index (χ2n) is 6.12. The summed E-state index contributed by atoms with van der Waals surface area (Å²) in [6.45, 7) is 5.89. The fourth-order valence-electron chi connectivity index (χ4n) is 2.90. The SMILES string of the molecule is CCn1nc(C(=O)N(Cc2ccccc2)Cc2ccccc2)cc1C. The molecule has 2 aromatic carbocycles. The van der Waals surface area contributed by atoms with Crippen LogP contribution in [0.4, 0.5) is 0 Å². The van der Waals surface area contributed by atoms with Crippen molar-refractivity contribution in [3.05, 3.63) is 89.2 Å². The van der Waals surface area contributed by atoms with Gasteiger partial charge in [0, 0.05) is 25.3 Å². The molecule has 3 rings (SSSR count). The van der Waals surface area contributed by atoms with Crippen molar-refractivity contribution in [3.63, 3.8) is 0 Å². The van der Waals surface area contributed by atoms with Crippen LogP contribution < -0.4 is 0 Å². The first kappa shape index (κ1) is 17.0. The number of carbonyl (C=O) groups excluding carboxylic acids is 1. The van der Waals surface area contributed by atoms with Gasteiger partial charge >= 0.3 is 0 Å². The first-order valence-corrected chi connectivity index (χ1v) is 8.59. The molecule has 3 aromatic rings. The molecule has 0 spiro atoms. The number of carbonyl (C=O) groups is 1. The zero-order valence-corrected chi connectivity index (χ0v) is 14.7. The van der Waals surface area contributed by atoms with E-state index in [2.05, 4.69) is 5.10 Å². The van der Waals surface area contributed by atoms with Gasteiger partial charge in [0.05, 0.1) is 0 Å². The van der Waals surface area contributed by atoms with Crippen molar-refractivity contribution in [2.45, 2.75) is 33.5 Å². The number of benzene rings is 2. The summed E-state index contributed by atoms with van der Waals surface area (Å²) in [7, 11) is 0. The summed E-state index contributed by atoms with van der Waals surface area (Å²) in [4.78, 5) is 14.9. The first-order valence-electron chi connectivity index (χ1n) is 8.59. The maximum Gasteiger partial charge on any atom is 0.274 e. The van der Waals surface area contributed by atoms with Gasteiger partial charge in [-0.3, -0.25) is 9.48 Å². The standard InChI is InChI=1S/C21H23N3O/c1-3-24-17(2)14-20(22-24)21(25)23(15-18-10-6-4-7-11-18)16-19-12-8-5-9-13-19/h4-14H,3,15-16H2,1-2H3. The average molecular weight is 333 g/mol. The minimum atomic E-state index is -0.0389. The lowest BCUT2D eigenvalue weighted by atomic mass is 10.1. The molecule has 0 N–H and O–H groups in total. The summed E-state index contributed by atoms with van der Waals surface area (Å²) in [5.74, 6) is -0.0389. The lowest BCUT2D eigenvalue weighted by molar-refractivity contribution is 0.0723. The molecule has 4 heteroatoms. The minimum Gasteiger partial charge on any atom is -0.329 e. The van der Waals surface area contributed by atoms with Gasteiger partial charge < -0.3 is 4.90 Å². The molecule has 4 nitrogen and oxygen atoms in total. The Morgan fingerprint density at radius 1 is 0.960 bits per heavy atom. The molecule has 1 aromatic heterocycles. The second kappa shape index (κ2) is 7.79. The predicted octanol–water partition coefficient (Wildman–Crippen LogP) is 4.05. The Morgan fingerprint density at radius 2 is 1.48 bits per heavy atom. The van der Waals surface area contributed by atoms with E-state index in [0.717, 1.165) is 23.4 Å². The Kier molecular flexibility index (Phi) is 5.29. The van der Waals surface area contributed by atoms with Crippen LogP contribution in [0.3, 0.4) is 0 Å². The highest BCUT2D eigenvalue weighted by Crippen LogP contribution is 2.14. The Bertz CT molecular complexity index is 783. The van der Waals surface area contributed by atoms with Crippen LogP contribution >= 0.6 is 0 Å². The van der Waals surface area contributed by atoms with E-state index in [1.165, 1.54) is 0 Å². The molecule has 0 aliphatic rings. The van der Waals surface area contributed by atoms with Crippen LogP contribution in [0, 0.1) is 6.92 Å². The number of aryl methyl sites for hydroxylation is 2. The van der Waals surface area contributed by atoms with Crippen LogP contribution in [0.25, 0.3) is 0 Å². The summed E-state index contributed by atoms with van der Waals surface area (Å²) < 4.78 is 1.86. The molecule has 0 aliphatic carbocycles. The van der Waals surface area contributed by atoms with E-state index >= 15 is 0 Å². The lowest BCUT2D eigenvalue weighted by Crippen LogP contribution is -2.30. The molecule has 1 heterocycles. The predicted molar refractivity (Wildman–Crippen MR) is 99.1 cm³/mol. The molecular formula is C21H23N3O. The van der Waals surface area contributed by atoms with Gasteiger partial charge in [0.25, 0.3) is 5.91 Å². The number of amides is 1. The van der Waals surface area contributed by atoms with Gasteiger partial charge in [-0.1, -0.05) is 60.7 Å². The molecule has 0 saturated heterocycles. The van der Waals surface area contributed by atoms with E-state index in [9.17, 15) is 4.79 Å². The van der Waals surface area contributed by atoms with Gasteiger partial charge in [0.2, 0.25) is 0 Å². The monoisotopic (exact) mass is 333 g/mol. The largest absolute Gasteiger partial charge is 0.329 e. The lowest BCUT2D eigenvalue weighted by Gasteiger charge is -2.22. The fraction of sp³-hybridized carbons (Fsp3) is 0.238. The van der Waals surface area contributed by atoms with Gasteiger partial charge in [-0.25, -0.2) is 0 Å². The van der Waals surface area contributed by atoms with E-state index in [0.29, 0.717) is 18.8 Å². The molecule has 0 bridgehead atoms. The van der Waals surface area contributed by atoms with Crippen LogP contribution in [-0.2, 0) is 19.6 Å². The second-order valence-corrected chi connectivity index (χ2v) is 6.12. The molecule has 0 radical (unpaired) electrons. The van der Waals surface area contributed by atoms with Gasteiger partial charge in [0.15, 0.2) is 5.69 Å². The molecule has 25 heavy (non-hydrogen) atoms. The molecule has 0 atom stereocenters. The van der Waals surface area contributed by atoms with Crippen molar-refractivity contribution in [3.8, 4) is 0 Å². The summed E-state index contributed by atoms with van der Waals surface area (Å²) in [5, 5.41) is 4.46. The molecule has 0 unspecified atom stereocenters. The van der Waals surface area contributed by atoms with E-state index in [-0.39, 0.29) is 5.91 Å². The fourth-order valence-corrected chi connectivity index (χ4v) is 2.90. The summed E-state index contributed by atoms with van der Waals surface area (Å²) >= 11 is 0. The summed E-state index contributed by atoms with van der Waals surface area (Å²) in [6, 6.07) is 22.0. The van der Waals surface area contributed by atoms with Gasteiger partial charge in [-0.2, -0.15) is 5.10 Å². The third-order valence-corrected chi connectivity index (χ3v) is 4.22. The molecular weight excluding hydrogens is 310 g/mol. The number of nitrogens with zero attached hydrogens (tertiary/aromatic N) is 3. The maximum atomic E-state index is 13.1. The zero-order chi connectivity index (χ0) is 17.6. The minimum absolute atomic E-state index is 0.0389. The number of aromatic nitrogens is 2. The van der Waals surface area contributed by atoms with Crippen molar-refractivity contribution in [2.24, 2.45) is 0 Å². The first-order chi connectivity index (χ1) is 12.2. The Balaban J connectivity index is 1.87. The van der Waals surface area contributed by atoms with Crippen molar-refractivity contribution in [2.75, 3.05) is 0 Å². The average Bonchev–Trinajstić information content (AvgIpc) is 3.03. The van der Waals surface area contributed by atoms with Crippen LogP contribution in [-0.4, -0.2) is 20.6 Å². The van der Waals surface area contributed by atoms with Crippen molar-refractivity contribution in [1.82, 2.24) is 14.7 Å². The molecule has 0 saturated carbocycles. The number of hydrogen-bond acceptors (Lipinski definition) is 2. The van der Waals surface area contributed by atoms with Crippen LogP contribution in [0.1, 0.15) is 34.2 Å². The number of rotatable bonds is 6. The Hall–Kier alpha value is -2.88. The van der Waals surface area contributed by atoms with E-state index in [1.54, 1.807) is 0 Å². The third-order valence-electron chi connectivity index (χ3n) is 4.22. The van der Waals surface area contributed by atoms with E-state index in [4.69, 9.17) is 0 Å². The Morgan fingerprint density at radius 3 is 1.92 bits per heavy atom. The Labute approximate surface area is 148 Å². The van der Waals surface area contributed by atoms with Gasteiger partial charge in [-0.15, -0.1) is 0 Å². The molecule has 128 valence electrons. The highest BCUT2D eigenvalue weighted by atomic mass is 16.2. The summed E-state index contributed by atoms with van der Waals surface area (Å²) in [5.41, 5.74) is 3.73. The van der Waals surface area contributed by atoms with Gasteiger partial charge in [-0.05, 0) is 31.0 Å². The quantitative estimate of drug-likeness (QED) is 0.682. The molecule has 0 fully saturated rings. The van der Waals surface area contributed by atoms with Gasteiger partial charge in [0.1, 0.15) is 0 Å². The van der Waals surface area contributed by atoms with E-state index in [1.807, 2.05) is 90.2 Å². The van der Waals surface area contributed by atoms with Crippen LogP contribution in [0.2, 0.25) is 0 Å². The molecule has 0 aliphatic heterocycles. The van der Waals surface area contributed by atoms with Crippen molar-refractivity contribution < 1.29 is 4.79 Å². The van der Waals surface area contributed by atoms with Crippen molar-refractivity contribution >= 4 is 5.91 Å². The van der Waals surface area contributed by atoms with Crippen LogP contribution in [0.15, 0.2) is 66.7 Å². The molecule has 1 amide bonds. The third kappa shape index (κ3) is 4.15. The van der Waals surface area contributed by atoms with Crippen LogP contribution in [0.5, 0.6) is 0 Å². The zero-order valence-electron chi connectivity index (χ0n) is 14.7. The normalized spacial score (nSPS) is 10.6. The smallest absolute Gasteiger partial charge is 0.274 e. The number of hydrogen-bond donors (Lipinski definition) is 0. The van der Waals surface area contributed by atoms with E-state index < -0.39 is 0 Å². The van der Waals surface area contributed by atoms with Crippen molar-refractivity contribution in [1.29, 1.82) is 0 Å². The topological polar surface area (TPSA) is 38.1 Å². The highest BCUT2D eigenvalue weighted by molar-refractivity contribution is 5.92. The maximum absolute atomic E-state index is 13.1.